The summed E-state index contributed by atoms with van der Waals surface area (Å²) in [7, 11) is 9.48. The van der Waals surface area contributed by atoms with E-state index in [-0.39, 0.29) is 18.2 Å². The highest BCUT2D eigenvalue weighted by molar-refractivity contribution is 8.77. The predicted octanol–water partition coefficient (Wildman–Crippen LogP) is 10.6. The molecule has 3 aromatic heterocycles. The third-order valence-electron chi connectivity index (χ3n) is 7.85. The van der Waals surface area contributed by atoms with Gasteiger partial charge in [0.15, 0.2) is 0 Å². The summed E-state index contributed by atoms with van der Waals surface area (Å²) in [5, 5.41) is 17.1. The monoisotopic (exact) mass is 1050 g/mol. The highest BCUT2D eigenvalue weighted by atomic mass is 35.5. The van der Waals surface area contributed by atoms with Gasteiger partial charge in [0.1, 0.15) is 15.1 Å². The molecule has 66 heavy (non-hydrogen) atoms. The van der Waals surface area contributed by atoms with Gasteiger partial charge in [-0.15, -0.1) is 0 Å². The van der Waals surface area contributed by atoms with Gasteiger partial charge in [-0.3, -0.25) is 14.4 Å². The fraction of sp³-hybridized carbons (Fsp3) is 0.578. The normalized spacial score (nSPS) is 10.2. The summed E-state index contributed by atoms with van der Waals surface area (Å²) in [5.74, 6) is 1.91. The molecule has 374 valence electrons. The van der Waals surface area contributed by atoms with E-state index in [0.717, 1.165) is 71.8 Å². The molecule has 0 aliphatic rings. The minimum Gasteiger partial charge on any atom is -0.481 e. The zero-order chi connectivity index (χ0) is 49.3. The first-order valence-electron chi connectivity index (χ1n) is 22.2. The number of pyridine rings is 3. The molecule has 2 amide bonds. The van der Waals surface area contributed by atoms with Crippen molar-refractivity contribution < 1.29 is 29.0 Å². The van der Waals surface area contributed by atoms with Crippen molar-refractivity contribution in [2.75, 3.05) is 69.7 Å². The number of hydrogen-bond acceptors (Lipinski definition) is 17. The molecule has 0 aromatic carbocycles. The van der Waals surface area contributed by atoms with Crippen LogP contribution in [0.4, 0.5) is 4.79 Å². The molecule has 14 nitrogen and oxygen atoms in total. The van der Waals surface area contributed by atoms with Gasteiger partial charge in [0, 0.05) is 73.4 Å². The van der Waals surface area contributed by atoms with Crippen molar-refractivity contribution in [1.29, 1.82) is 0 Å². The molecule has 0 aliphatic carbocycles. The molecule has 0 spiro atoms. The summed E-state index contributed by atoms with van der Waals surface area (Å²) in [4.78, 5) is 58.7. The van der Waals surface area contributed by atoms with Crippen LogP contribution >= 0.6 is 76.4 Å². The molecule has 0 saturated carbocycles. The van der Waals surface area contributed by atoms with Crippen molar-refractivity contribution in [1.82, 2.24) is 30.5 Å². The lowest BCUT2D eigenvalue weighted by Gasteiger charge is -2.13. The second-order valence-electron chi connectivity index (χ2n) is 13.8. The van der Waals surface area contributed by atoms with E-state index in [1.807, 2.05) is 68.4 Å². The first kappa shape index (κ1) is 65.7. The lowest BCUT2D eigenvalue weighted by molar-refractivity contribution is -0.136. The number of nitrogens with zero attached hydrogens (tertiary/aromatic N) is 4. The average molecular weight is 1050 g/mol. The van der Waals surface area contributed by atoms with Gasteiger partial charge in [-0.25, -0.2) is 19.7 Å². The van der Waals surface area contributed by atoms with Crippen molar-refractivity contribution >= 4 is 99.6 Å². The Bertz CT molecular complexity index is 1490. The number of aliphatic carboxylic acids is 1. The summed E-state index contributed by atoms with van der Waals surface area (Å²) in [5.41, 5.74) is 9.73. The first-order valence-corrected chi connectivity index (χ1v) is 29.6. The van der Waals surface area contributed by atoms with Gasteiger partial charge >= 0.3 is 11.4 Å². The van der Waals surface area contributed by atoms with Gasteiger partial charge < -0.3 is 36.8 Å². The SMILES string of the molecule is CC(C)COC(=O)Cl.CCN(CC)CC.NCCCCCN.O=C(CCSSc1ccccn1)NCCCCCNC(=O)CCSSc1ccccn1.O=C(O)CCSSc1ccccn1. The maximum absolute atomic E-state index is 11.8. The Balaban J connectivity index is 0. The van der Waals surface area contributed by atoms with Crippen LogP contribution in [0.1, 0.15) is 92.4 Å². The fourth-order valence-electron chi connectivity index (χ4n) is 4.32. The van der Waals surface area contributed by atoms with E-state index < -0.39 is 11.4 Å². The van der Waals surface area contributed by atoms with Gasteiger partial charge in [-0.2, -0.15) is 0 Å². The van der Waals surface area contributed by atoms with E-state index in [1.165, 1.54) is 47.6 Å². The Hall–Kier alpha value is -2.40. The van der Waals surface area contributed by atoms with E-state index in [9.17, 15) is 19.2 Å². The van der Waals surface area contributed by atoms with E-state index in [2.05, 4.69) is 56.0 Å². The molecular weight excluding hydrogens is 976 g/mol. The topological polar surface area (TPSA) is 216 Å². The fourth-order valence-corrected chi connectivity index (χ4v) is 9.98. The molecule has 21 heteroatoms. The van der Waals surface area contributed by atoms with Gasteiger partial charge in [0.25, 0.3) is 0 Å². The second kappa shape index (κ2) is 50.5. The van der Waals surface area contributed by atoms with Gasteiger partial charge in [-0.05, 0) is 140 Å². The summed E-state index contributed by atoms with van der Waals surface area (Å²) in [6.07, 6.45) is 12.7. The number of carbonyl (C=O) groups excluding carboxylic acids is 3. The first-order chi connectivity index (χ1) is 31.9. The summed E-state index contributed by atoms with van der Waals surface area (Å²) < 4.78 is 4.43. The molecule has 0 atom stereocenters. The van der Waals surface area contributed by atoms with Gasteiger partial charge in [0.2, 0.25) is 11.8 Å². The molecule has 0 saturated heterocycles. The summed E-state index contributed by atoms with van der Waals surface area (Å²) >= 11 is 4.86. The lowest BCUT2D eigenvalue weighted by Crippen LogP contribution is -2.26. The Morgan fingerprint density at radius 3 is 1.29 bits per heavy atom. The van der Waals surface area contributed by atoms with E-state index in [0.29, 0.717) is 44.2 Å². The second-order valence-corrected chi connectivity index (χ2v) is 21.4. The number of aromatic nitrogens is 3. The summed E-state index contributed by atoms with van der Waals surface area (Å²) in [6, 6.07) is 17.3. The third-order valence-corrected chi connectivity index (χ3v) is 14.8. The molecule has 0 fully saturated rings. The van der Waals surface area contributed by atoms with Crippen molar-refractivity contribution in [3.8, 4) is 0 Å². The zero-order valence-corrected chi connectivity index (χ0v) is 45.1. The minimum absolute atomic E-state index is 0.0866. The number of amides is 2. The third kappa shape index (κ3) is 49.5. The standard InChI is InChI=1S/C21H28N4O2S4.C8H9NO2S2.C6H15N.C5H9ClO2.C5H14N2/c26-18(10-16-28-30-20-8-2-6-14-24-20)22-12-4-1-5-13-23-19(27)11-17-29-31-21-9-3-7-15-25-21;10-8(11)4-6-12-13-7-3-1-2-5-9-7;1-4-7(5-2)6-3;1-4(2)3-8-5(6)7;6-4-2-1-3-5-7/h2-3,6-9,14-15H,1,4-5,10-13,16-17H2,(H,22,26)(H,23,27);1-3,5H,4,6H2,(H,10,11);4-6H2,1-3H3;4H,3H2,1-2H3;1-7H2. The van der Waals surface area contributed by atoms with Crippen LogP contribution in [0, 0.1) is 5.92 Å². The minimum atomic E-state index is -0.755. The van der Waals surface area contributed by atoms with Crippen LogP contribution in [0.2, 0.25) is 0 Å². The van der Waals surface area contributed by atoms with E-state index in [1.54, 1.807) is 61.8 Å². The number of nitrogens with one attached hydrogen (secondary N) is 2. The van der Waals surface area contributed by atoms with Crippen LogP contribution < -0.4 is 22.1 Å². The lowest BCUT2D eigenvalue weighted by atomic mass is 10.2. The molecule has 0 radical (unpaired) electrons. The maximum atomic E-state index is 11.8. The zero-order valence-electron chi connectivity index (χ0n) is 39.4. The Labute approximate surface area is 424 Å². The number of hydrogen-bond donors (Lipinski definition) is 5. The van der Waals surface area contributed by atoms with Gasteiger partial charge in [0.05, 0.1) is 13.0 Å². The number of rotatable bonds is 30. The Morgan fingerprint density at radius 1 is 0.636 bits per heavy atom. The molecule has 3 rings (SSSR count). The van der Waals surface area contributed by atoms with Crippen LogP contribution in [-0.4, -0.2) is 118 Å². The van der Waals surface area contributed by atoms with Crippen LogP contribution in [-0.2, 0) is 19.1 Å². The van der Waals surface area contributed by atoms with Gasteiger partial charge in [-0.1, -0.05) is 91.6 Å². The van der Waals surface area contributed by atoms with Crippen molar-refractivity contribution in [3.63, 3.8) is 0 Å². The van der Waals surface area contributed by atoms with Crippen LogP contribution in [0.15, 0.2) is 88.3 Å². The number of halogens is 1. The van der Waals surface area contributed by atoms with E-state index in [4.69, 9.17) is 28.2 Å². The maximum Gasteiger partial charge on any atom is 0.403 e. The van der Waals surface area contributed by atoms with Crippen LogP contribution in [0.5, 0.6) is 0 Å². The molecular formula is C45H75ClN8O6S6. The van der Waals surface area contributed by atoms with Crippen molar-refractivity contribution in [2.45, 2.75) is 107 Å². The number of carboxylic acid groups (broad SMARTS) is 1. The average Bonchev–Trinajstić information content (AvgIpc) is 3.32. The number of carbonyl (C=O) groups is 4. The van der Waals surface area contributed by atoms with Crippen molar-refractivity contribution in [3.05, 3.63) is 73.2 Å². The highest BCUT2D eigenvalue weighted by Crippen LogP contribution is 2.30. The van der Waals surface area contributed by atoms with Crippen molar-refractivity contribution in [2.24, 2.45) is 17.4 Å². The smallest absolute Gasteiger partial charge is 0.403 e. The Morgan fingerprint density at radius 2 is 1.02 bits per heavy atom. The number of nitrogens with two attached hydrogens (primary N) is 2. The molecule has 3 aromatic rings. The molecule has 0 aliphatic heterocycles. The molecule has 3 heterocycles. The van der Waals surface area contributed by atoms with Crippen LogP contribution in [0.3, 0.4) is 0 Å². The number of carboxylic acids is 1. The molecule has 7 N–H and O–H groups in total. The largest absolute Gasteiger partial charge is 0.481 e. The molecule has 0 unspecified atom stereocenters. The van der Waals surface area contributed by atoms with Crippen LogP contribution in [0.25, 0.3) is 0 Å². The highest BCUT2D eigenvalue weighted by Gasteiger charge is 2.05. The van der Waals surface area contributed by atoms with E-state index >= 15 is 0 Å². The Kier molecular flexibility index (Phi) is 50.2. The quantitative estimate of drug-likeness (QED) is 0.0238. The number of unbranched alkanes of at least 4 members (excludes halogenated alkanes) is 4. The molecule has 0 bridgehead atoms. The predicted molar refractivity (Wildman–Crippen MR) is 286 cm³/mol. The summed E-state index contributed by atoms with van der Waals surface area (Å²) in [6.45, 7) is 17.4. The number of ether oxygens (including phenoxy) is 1.